The first kappa shape index (κ1) is 18.1. The molecule has 0 bridgehead atoms. The highest BCUT2D eigenvalue weighted by Gasteiger charge is 2.10. The molecule has 0 fully saturated rings. The van der Waals surface area contributed by atoms with Crippen LogP contribution in [0, 0.1) is 0 Å². The predicted molar refractivity (Wildman–Crippen MR) is 105 cm³/mol. The lowest BCUT2D eigenvalue weighted by molar-refractivity contribution is 0.101. The number of pyridine rings is 1. The molecule has 0 radical (unpaired) electrons. The second kappa shape index (κ2) is 8.14. The Balaban J connectivity index is 1.78. The highest BCUT2D eigenvalue weighted by molar-refractivity contribution is 6.05. The third-order valence-electron chi connectivity index (χ3n) is 3.91. The SMILES string of the molecule is COc1ccccc1Nc1cncc(C(=O)Nc2cccc(C(C)=O)c2)c1. The normalized spacial score (nSPS) is 10.1. The minimum atomic E-state index is -0.313. The van der Waals surface area contributed by atoms with E-state index in [4.69, 9.17) is 4.74 Å². The van der Waals surface area contributed by atoms with E-state index in [1.807, 2.05) is 24.3 Å². The summed E-state index contributed by atoms with van der Waals surface area (Å²) in [7, 11) is 1.60. The van der Waals surface area contributed by atoms with Crippen LogP contribution in [0.4, 0.5) is 17.1 Å². The van der Waals surface area contributed by atoms with Gasteiger partial charge in [0.2, 0.25) is 0 Å². The first-order valence-corrected chi connectivity index (χ1v) is 8.34. The van der Waals surface area contributed by atoms with Crippen molar-refractivity contribution in [1.82, 2.24) is 4.98 Å². The van der Waals surface area contributed by atoms with E-state index in [-0.39, 0.29) is 11.7 Å². The van der Waals surface area contributed by atoms with Crippen LogP contribution in [0.2, 0.25) is 0 Å². The largest absolute Gasteiger partial charge is 0.495 e. The number of para-hydroxylation sites is 2. The summed E-state index contributed by atoms with van der Waals surface area (Å²) in [5.41, 5.74) is 2.91. The number of hydrogen-bond donors (Lipinski definition) is 2. The van der Waals surface area contributed by atoms with Gasteiger partial charge in [-0.15, -0.1) is 0 Å². The number of nitrogens with zero attached hydrogens (tertiary/aromatic N) is 1. The first-order chi connectivity index (χ1) is 13.1. The lowest BCUT2D eigenvalue weighted by Crippen LogP contribution is -2.13. The zero-order valence-corrected chi connectivity index (χ0v) is 15.0. The van der Waals surface area contributed by atoms with Gasteiger partial charge in [0.1, 0.15) is 5.75 Å². The van der Waals surface area contributed by atoms with Crippen LogP contribution in [0.3, 0.4) is 0 Å². The van der Waals surface area contributed by atoms with Crippen molar-refractivity contribution < 1.29 is 14.3 Å². The molecule has 2 aromatic carbocycles. The van der Waals surface area contributed by atoms with Crippen LogP contribution < -0.4 is 15.4 Å². The van der Waals surface area contributed by atoms with Crippen molar-refractivity contribution >= 4 is 28.8 Å². The molecule has 0 aliphatic carbocycles. The second-order valence-electron chi connectivity index (χ2n) is 5.88. The molecule has 2 N–H and O–H groups in total. The summed E-state index contributed by atoms with van der Waals surface area (Å²) in [6, 6.07) is 16.0. The minimum Gasteiger partial charge on any atom is -0.495 e. The molecule has 0 saturated carbocycles. The van der Waals surface area contributed by atoms with Gasteiger partial charge in [-0.25, -0.2) is 0 Å². The molecule has 0 saturated heterocycles. The Hall–Kier alpha value is -3.67. The van der Waals surface area contributed by atoms with E-state index >= 15 is 0 Å². The molecule has 6 nitrogen and oxygen atoms in total. The van der Waals surface area contributed by atoms with Crippen molar-refractivity contribution in [2.45, 2.75) is 6.92 Å². The maximum atomic E-state index is 12.5. The summed E-state index contributed by atoms with van der Waals surface area (Å²) in [4.78, 5) is 28.1. The average Bonchev–Trinajstić information content (AvgIpc) is 2.69. The Morgan fingerprint density at radius 1 is 0.926 bits per heavy atom. The molecule has 0 spiro atoms. The van der Waals surface area contributed by atoms with Crippen molar-refractivity contribution in [3.63, 3.8) is 0 Å². The summed E-state index contributed by atoms with van der Waals surface area (Å²) < 4.78 is 5.32. The number of carbonyl (C=O) groups excluding carboxylic acids is 2. The van der Waals surface area contributed by atoms with E-state index < -0.39 is 0 Å². The number of ketones is 1. The molecule has 0 atom stereocenters. The number of methoxy groups -OCH3 is 1. The summed E-state index contributed by atoms with van der Waals surface area (Å²) in [5.74, 6) is 0.316. The fourth-order valence-corrected chi connectivity index (χ4v) is 2.56. The number of aromatic nitrogens is 1. The lowest BCUT2D eigenvalue weighted by atomic mass is 10.1. The van der Waals surface area contributed by atoms with Crippen LogP contribution in [-0.2, 0) is 0 Å². The third-order valence-corrected chi connectivity index (χ3v) is 3.91. The molecule has 27 heavy (non-hydrogen) atoms. The molecule has 1 aromatic heterocycles. The third kappa shape index (κ3) is 4.49. The van der Waals surface area contributed by atoms with Gasteiger partial charge in [0.25, 0.3) is 5.91 Å². The van der Waals surface area contributed by atoms with Crippen LogP contribution in [0.15, 0.2) is 67.0 Å². The van der Waals surface area contributed by atoms with Gasteiger partial charge in [-0.3, -0.25) is 14.6 Å². The maximum Gasteiger partial charge on any atom is 0.257 e. The number of benzene rings is 2. The van der Waals surface area contributed by atoms with Crippen LogP contribution in [-0.4, -0.2) is 23.8 Å². The van der Waals surface area contributed by atoms with E-state index in [0.29, 0.717) is 28.3 Å². The highest BCUT2D eigenvalue weighted by Crippen LogP contribution is 2.27. The Bertz CT molecular complexity index is 986. The van der Waals surface area contributed by atoms with Gasteiger partial charge in [0, 0.05) is 17.4 Å². The van der Waals surface area contributed by atoms with Crippen molar-refractivity contribution in [2.75, 3.05) is 17.7 Å². The smallest absolute Gasteiger partial charge is 0.257 e. The van der Waals surface area contributed by atoms with Crippen molar-refractivity contribution in [3.05, 3.63) is 78.1 Å². The number of nitrogens with one attached hydrogen (secondary N) is 2. The summed E-state index contributed by atoms with van der Waals surface area (Å²) >= 11 is 0. The quantitative estimate of drug-likeness (QED) is 0.640. The standard InChI is InChI=1S/C21H19N3O3/c1-14(25)15-6-5-7-17(10-15)24-21(26)16-11-18(13-22-12-16)23-19-8-3-4-9-20(19)27-2/h3-13,23H,1-2H3,(H,24,26). The Labute approximate surface area is 157 Å². The van der Waals surface area contributed by atoms with Gasteiger partial charge in [-0.1, -0.05) is 24.3 Å². The molecule has 136 valence electrons. The van der Waals surface area contributed by atoms with Gasteiger partial charge in [-0.2, -0.15) is 0 Å². The molecular weight excluding hydrogens is 342 g/mol. The van der Waals surface area contributed by atoms with Gasteiger partial charge < -0.3 is 15.4 Å². The molecule has 1 heterocycles. The monoisotopic (exact) mass is 361 g/mol. The van der Waals surface area contributed by atoms with Crippen molar-refractivity contribution in [1.29, 1.82) is 0 Å². The minimum absolute atomic E-state index is 0.0595. The Morgan fingerprint density at radius 2 is 1.70 bits per heavy atom. The Kier molecular flexibility index (Phi) is 5.47. The molecule has 3 aromatic rings. The van der Waals surface area contributed by atoms with E-state index in [0.717, 1.165) is 5.69 Å². The van der Waals surface area contributed by atoms with Gasteiger partial charge >= 0.3 is 0 Å². The van der Waals surface area contributed by atoms with Crippen LogP contribution in [0.1, 0.15) is 27.6 Å². The number of anilines is 3. The molecular formula is C21H19N3O3. The fraction of sp³-hybridized carbons (Fsp3) is 0.0952. The molecule has 1 amide bonds. The van der Waals surface area contributed by atoms with E-state index in [1.165, 1.54) is 13.1 Å². The molecule has 3 rings (SSSR count). The zero-order valence-electron chi connectivity index (χ0n) is 15.0. The average molecular weight is 361 g/mol. The number of ether oxygens (including phenoxy) is 1. The topological polar surface area (TPSA) is 80.3 Å². The van der Waals surface area contributed by atoms with Crippen molar-refractivity contribution in [3.8, 4) is 5.75 Å². The van der Waals surface area contributed by atoms with Gasteiger partial charge in [0.15, 0.2) is 5.78 Å². The van der Waals surface area contributed by atoms with E-state index in [2.05, 4.69) is 15.6 Å². The number of amides is 1. The predicted octanol–water partition coefficient (Wildman–Crippen LogP) is 4.29. The lowest BCUT2D eigenvalue weighted by Gasteiger charge is -2.11. The molecule has 0 aliphatic heterocycles. The number of Topliss-reactive ketones (excluding diaryl/α,β-unsaturated/α-hetero) is 1. The van der Waals surface area contributed by atoms with Crippen LogP contribution in [0.25, 0.3) is 0 Å². The summed E-state index contributed by atoms with van der Waals surface area (Å²) in [6.45, 7) is 1.48. The van der Waals surface area contributed by atoms with Gasteiger partial charge in [-0.05, 0) is 37.3 Å². The van der Waals surface area contributed by atoms with Crippen LogP contribution >= 0.6 is 0 Å². The Morgan fingerprint density at radius 3 is 2.48 bits per heavy atom. The second-order valence-corrected chi connectivity index (χ2v) is 5.88. The number of hydrogen-bond acceptors (Lipinski definition) is 5. The number of rotatable bonds is 6. The fourth-order valence-electron chi connectivity index (χ4n) is 2.56. The summed E-state index contributed by atoms with van der Waals surface area (Å²) in [6.07, 6.45) is 3.11. The maximum absolute atomic E-state index is 12.5. The first-order valence-electron chi connectivity index (χ1n) is 8.34. The summed E-state index contributed by atoms with van der Waals surface area (Å²) in [5, 5.41) is 5.98. The van der Waals surface area contributed by atoms with E-state index in [1.54, 1.807) is 43.6 Å². The molecule has 6 heteroatoms. The number of carbonyl (C=O) groups is 2. The zero-order chi connectivity index (χ0) is 19.2. The van der Waals surface area contributed by atoms with Gasteiger partial charge in [0.05, 0.1) is 30.2 Å². The van der Waals surface area contributed by atoms with E-state index in [9.17, 15) is 9.59 Å². The highest BCUT2D eigenvalue weighted by atomic mass is 16.5. The molecule has 0 unspecified atom stereocenters. The van der Waals surface area contributed by atoms with Crippen LogP contribution in [0.5, 0.6) is 5.75 Å². The van der Waals surface area contributed by atoms with Crippen molar-refractivity contribution in [2.24, 2.45) is 0 Å². The molecule has 0 aliphatic rings.